The van der Waals surface area contributed by atoms with Crippen molar-refractivity contribution >= 4 is 46.4 Å². The van der Waals surface area contributed by atoms with Gasteiger partial charge in [-0.05, 0) is 12.1 Å². The van der Waals surface area contributed by atoms with E-state index in [2.05, 4.69) is 28.1 Å². The summed E-state index contributed by atoms with van der Waals surface area (Å²) in [6, 6.07) is 7.59. The SMILES string of the molecule is Nc1ncnc2c1ncn2[C@H]1O[C@H](COP(=O)(O)OP(=O)(O)OP(=O)(O)O)[C@@H](OC(=O)c2ccccc2)[C@H]1O. The van der Waals surface area contributed by atoms with Crippen LogP contribution in [0, 0.1) is 0 Å². The first-order valence-electron chi connectivity index (χ1n) is 10.5. The largest absolute Gasteiger partial charge is 0.490 e. The topological polar surface area (TPSA) is 285 Å². The zero-order valence-corrected chi connectivity index (χ0v) is 21.9. The third-order valence-corrected chi connectivity index (χ3v) is 8.84. The van der Waals surface area contributed by atoms with Gasteiger partial charge < -0.3 is 39.9 Å². The number of aliphatic hydroxyl groups excluding tert-OH is 1. The van der Waals surface area contributed by atoms with Gasteiger partial charge in [0.2, 0.25) is 0 Å². The van der Waals surface area contributed by atoms with Crippen LogP contribution in [0.5, 0.6) is 0 Å². The maximum atomic E-state index is 12.7. The molecule has 212 valence electrons. The van der Waals surface area contributed by atoms with Crippen LogP contribution in [0.3, 0.4) is 0 Å². The summed E-state index contributed by atoms with van der Waals surface area (Å²) < 4.78 is 58.9. The number of imidazole rings is 1. The highest BCUT2D eigenvalue weighted by atomic mass is 31.3. The predicted octanol–water partition coefficient (Wildman–Crippen LogP) is 0.236. The highest BCUT2D eigenvalue weighted by Gasteiger charge is 2.49. The molecule has 2 unspecified atom stereocenters. The summed E-state index contributed by atoms with van der Waals surface area (Å²) in [6.07, 6.45) is -3.78. The molecule has 0 radical (unpaired) electrons. The molecule has 39 heavy (non-hydrogen) atoms. The summed E-state index contributed by atoms with van der Waals surface area (Å²) in [4.78, 5) is 61.0. The molecule has 0 saturated carbocycles. The van der Waals surface area contributed by atoms with Gasteiger partial charge in [-0.2, -0.15) is 8.62 Å². The predicted molar refractivity (Wildman–Crippen MR) is 125 cm³/mol. The molecule has 1 aromatic carbocycles. The zero-order valence-electron chi connectivity index (χ0n) is 19.2. The van der Waals surface area contributed by atoms with Gasteiger partial charge in [0.1, 0.15) is 24.1 Å². The van der Waals surface area contributed by atoms with E-state index in [1.54, 1.807) is 18.2 Å². The molecule has 0 amide bonds. The molecule has 3 heterocycles. The van der Waals surface area contributed by atoms with Gasteiger partial charge in [-0.15, -0.1) is 0 Å². The first-order valence-corrected chi connectivity index (χ1v) is 15.0. The Balaban J connectivity index is 1.57. The number of benzene rings is 1. The number of carbonyl (C=O) groups excluding carboxylic acids is 1. The van der Waals surface area contributed by atoms with Crippen molar-refractivity contribution in [3.8, 4) is 0 Å². The number of hydrogen-bond acceptors (Lipinski definition) is 14. The molecule has 0 spiro atoms. The fourth-order valence-electron chi connectivity index (χ4n) is 3.52. The second kappa shape index (κ2) is 11.1. The average molecular weight is 611 g/mol. The van der Waals surface area contributed by atoms with E-state index >= 15 is 0 Å². The average Bonchev–Trinajstić information content (AvgIpc) is 3.38. The number of nitrogen functional groups attached to an aromatic ring is 1. The molecule has 7 N–H and O–H groups in total. The second-order valence-corrected chi connectivity index (χ2v) is 12.2. The van der Waals surface area contributed by atoms with Crippen LogP contribution in [0.2, 0.25) is 0 Å². The Kier molecular flexibility index (Phi) is 8.35. The van der Waals surface area contributed by atoms with E-state index in [-0.39, 0.29) is 22.5 Å². The van der Waals surface area contributed by atoms with Crippen molar-refractivity contribution in [1.29, 1.82) is 0 Å². The van der Waals surface area contributed by atoms with Crippen LogP contribution in [0.15, 0.2) is 43.0 Å². The lowest BCUT2D eigenvalue weighted by Crippen LogP contribution is -2.38. The minimum Gasteiger partial charge on any atom is -0.453 e. The van der Waals surface area contributed by atoms with Gasteiger partial charge >= 0.3 is 29.4 Å². The van der Waals surface area contributed by atoms with Gasteiger partial charge in [0.25, 0.3) is 0 Å². The first kappa shape index (κ1) is 29.4. The van der Waals surface area contributed by atoms with Crippen molar-refractivity contribution in [1.82, 2.24) is 19.5 Å². The van der Waals surface area contributed by atoms with Crippen LogP contribution >= 0.6 is 23.5 Å². The molecule has 0 bridgehead atoms. The lowest BCUT2D eigenvalue weighted by molar-refractivity contribution is -0.0520. The number of nitrogens with zero attached hydrogens (tertiary/aromatic N) is 4. The van der Waals surface area contributed by atoms with Gasteiger partial charge in [0, 0.05) is 0 Å². The molecule has 6 atom stereocenters. The molecule has 22 heteroatoms. The van der Waals surface area contributed by atoms with Crippen LogP contribution < -0.4 is 5.73 Å². The van der Waals surface area contributed by atoms with E-state index in [1.807, 2.05) is 0 Å². The molecule has 1 aliphatic heterocycles. The summed E-state index contributed by atoms with van der Waals surface area (Å²) >= 11 is 0. The number of esters is 1. The molecule has 3 aromatic rings. The number of hydrogen-bond donors (Lipinski definition) is 6. The van der Waals surface area contributed by atoms with Gasteiger partial charge in [0.15, 0.2) is 23.8 Å². The van der Waals surface area contributed by atoms with E-state index in [4.69, 9.17) is 25.0 Å². The van der Waals surface area contributed by atoms with Crippen molar-refractivity contribution in [2.24, 2.45) is 0 Å². The molecule has 1 aliphatic rings. The lowest BCUT2D eigenvalue weighted by Gasteiger charge is -2.22. The monoisotopic (exact) mass is 611 g/mol. The molecular formula is C17H20N5O14P3. The minimum atomic E-state index is -5.79. The number of aliphatic hydroxyl groups is 1. The van der Waals surface area contributed by atoms with Crippen molar-refractivity contribution in [3.63, 3.8) is 0 Å². The van der Waals surface area contributed by atoms with Crippen molar-refractivity contribution in [2.45, 2.75) is 24.5 Å². The summed E-state index contributed by atoms with van der Waals surface area (Å²) in [5.74, 6) is -0.892. The van der Waals surface area contributed by atoms with Gasteiger partial charge in [-0.3, -0.25) is 9.09 Å². The number of nitrogens with two attached hydrogens (primary N) is 1. The fourth-order valence-corrected chi connectivity index (χ4v) is 6.55. The van der Waals surface area contributed by atoms with Gasteiger partial charge in [-0.1, -0.05) is 18.2 Å². The maximum absolute atomic E-state index is 12.7. The molecule has 2 aromatic heterocycles. The van der Waals surface area contributed by atoms with Crippen molar-refractivity contribution in [2.75, 3.05) is 12.3 Å². The number of phosphoric acid groups is 3. The normalized spacial score (nSPS) is 24.7. The van der Waals surface area contributed by atoms with Crippen LogP contribution in [0.1, 0.15) is 16.6 Å². The molecule has 4 rings (SSSR count). The zero-order chi connectivity index (χ0) is 28.6. The van der Waals surface area contributed by atoms with Gasteiger partial charge in [0.05, 0.1) is 18.5 Å². The Hall–Kier alpha value is -2.63. The third kappa shape index (κ3) is 7.12. The smallest absolute Gasteiger partial charge is 0.453 e. The summed E-state index contributed by atoms with van der Waals surface area (Å²) in [5.41, 5.74) is 6.14. The fraction of sp³-hybridized carbons (Fsp3) is 0.294. The number of fused-ring (bicyclic) bond motifs is 1. The Morgan fingerprint density at radius 2 is 1.72 bits per heavy atom. The lowest BCUT2D eigenvalue weighted by atomic mass is 10.1. The summed E-state index contributed by atoms with van der Waals surface area (Å²) in [6.45, 7) is -1.01. The van der Waals surface area contributed by atoms with E-state index < -0.39 is 60.6 Å². The Morgan fingerprint density at radius 3 is 2.38 bits per heavy atom. The number of anilines is 1. The third-order valence-electron chi connectivity index (χ3n) is 5.04. The van der Waals surface area contributed by atoms with Crippen molar-refractivity contribution < 1.29 is 65.8 Å². The summed E-state index contributed by atoms with van der Waals surface area (Å²) in [5, 5.41) is 11.0. The minimum absolute atomic E-state index is 0.0162. The Morgan fingerprint density at radius 1 is 1.03 bits per heavy atom. The molecule has 1 saturated heterocycles. The number of phosphoric ester groups is 1. The summed E-state index contributed by atoms with van der Waals surface area (Å²) in [7, 11) is -16.9. The number of rotatable bonds is 10. The molecule has 0 aliphatic carbocycles. The first-order chi connectivity index (χ1) is 18.2. The van der Waals surface area contributed by atoms with E-state index in [1.165, 1.54) is 23.0 Å². The standard InChI is InChI=1S/C17H20N5O14P3/c18-14-11-15(20-7-19-14)22(8-21-11)16-12(23)13(34-17(24)9-4-2-1-3-5-9)10(33-16)6-32-38(28,29)36-39(30,31)35-37(25,26)27/h1-5,7-8,10,12-13,16,23H,6H2,(H,28,29)(H,30,31)(H2,18,19,20)(H2,25,26,27)/t10-,12-,13-,16+/m1/s1. The molecule has 19 nitrogen and oxygen atoms in total. The van der Waals surface area contributed by atoms with E-state index in [0.29, 0.717) is 0 Å². The molecular weight excluding hydrogens is 591 g/mol. The Bertz CT molecular complexity index is 1500. The van der Waals surface area contributed by atoms with Crippen LogP contribution in [-0.2, 0) is 36.3 Å². The number of ether oxygens (including phenoxy) is 2. The van der Waals surface area contributed by atoms with E-state index in [9.17, 15) is 33.4 Å². The van der Waals surface area contributed by atoms with Crippen LogP contribution in [-0.4, -0.2) is 75.1 Å². The number of carbonyl (C=O) groups is 1. The van der Waals surface area contributed by atoms with Crippen molar-refractivity contribution in [3.05, 3.63) is 48.5 Å². The highest BCUT2D eigenvalue weighted by Crippen LogP contribution is 2.66. The number of aromatic nitrogens is 4. The van der Waals surface area contributed by atoms with Crippen LogP contribution in [0.4, 0.5) is 5.82 Å². The van der Waals surface area contributed by atoms with E-state index in [0.717, 1.165) is 6.33 Å². The van der Waals surface area contributed by atoms with Gasteiger partial charge in [-0.25, -0.2) is 33.4 Å². The quantitative estimate of drug-likeness (QED) is 0.132. The maximum Gasteiger partial charge on any atom is 0.490 e. The molecule has 1 fully saturated rings. The van der Waals surface area contributed by atoms with Crippen LogP contribution in [0.25, 0.3) is 11.2 Å². The second-order valence-electron chi connectivity index (χ2n) is 7.76. The Labute approximate surface area is 217 Å². The highest BCUT2D eigenvalue weighted by molar-refractivity contribution is 7.66.